The Morgan fingerprint density at radius 3 is 2.06 bits per heavy atom. The van der Waals surface area contributed by atoms with E-state index >= 15 is 0 Å². The van der Waals surface area contributed by atoms with Gasteiger partial charge in [0.1, 0.15) is 0 Å². The summed E-state index contributed by atoms with van der Waals surface area (Å²) in [4.78, 5) is 11.2. The number of allylic oxidation sites excluding steroid dienone is 1. The lowest BCUT2D eigenvalue weighted by atomic mass is 9.98. The van der Waals surface area contributed by atoms with Crippen LogP contribution in [0.4, 0.5) is 0 Å². The molecule has 1 heteroatoms. The molecule has 0 bridgehead atoms. The van der Waals surface area contributed by atoms with Crippen molar-refractivity contribution in [3.63, 3.8) is 0 Å². The lowest BCUT2D eigenvalue weighted by molar-refractivity contribution is -0.117. The van der Waals surface area contributed by atoms with Crippen molar-refractivity contribution in [2.75, 3.05) is 0 Å². The van der Waals surface area contributed by atoms with E-state index in [0.717, 1.165) is 6.42 Å². The molecule has 0 aliphatic rings. The maximum absolute atomic E-state index is 11.2. The Labute approximate surface area is 101 Å². The SMILES string of the molecule is C=CC(=O)C(C)CCCCCCCCCC. The molecule has 16 heavy (non-hydrogen) atoms. The van der Waals surface area contributed by atoms with E-state index in [9.17, 15) is 4.79 Å². The van der Waals surface area contributed by atoms with E-state index in [1.54, 1.807) is 0 Å². The zero-order valence-electron chi connectivity index (χ0n) is 11.1. The van der Waals surface area contributed by atoms with E-state index in [-0.39, 0.29) is 11.7 Å². The van der Waals surface area contributed by atoms with Gasteiger partial charge in [0.25, 0.3) is 0 Å². The van der Waals surface area contributed by atoms with Crippen LogP contribution in [0.1, 0.15) is 71.6 Å². The first-order chi connectivity index (χ1) is 7.72. The van der Waals surface area contributed by atoms with E-state index < -0.39 is 0 Å². The molecule has 0 aliphatic carbocycles. The van der Waals surface area contributed by atoms with Crippen LogP contribution < -0.4 is 0 Å². The van der Waals surface area contributed by atoms with Crippen LogP contribution >= 0.6 is 0 Å². The molecule has 0 saturated heterocycles. The minimum absolute atomic E-state index is 0.178. The van der Waals surface area contributed by atoms with Gasteiger partial charge in [0.15, 0.2) is 5.78 Å². The molecule has 0 rings (SSSR count). The topological polar surface area (TPSA) is 17.1 Å². The van der Waals surface area contributed by atoms with Crippen LogP contribution in [0, 0.1) is 5.92 Å². The van der Waals surface area contributed by atoms with E-state index in [4.69, 9.17) is 0 Å². The van der Waals surface area contributed by atoms with Crippen molar-refractivity contribution in [3.8, 4) is 0 Å². The molecule has 0 amide bonds. The first kappa shape index (κ1) is 15.4. The number of rotatable bonds is 11. The van der Waals surface area contributed by atoms with Gasteiger partial charge < -0.3 is 0 Å². The summed E-state index contributed by atoms with van der Waals surface area (Å²) < 4.78 is 0. The van der Waals surface area contributed by atoms with Crippen molar-refractivity contribution in [2.45, 2.75) is 71.6 Å². The summed E-state index contributed by atoms with van der Waals surface area (Å²) >= 11 is 0. The quantitative estimate of drug-likeness (QED) is 0.360. The van der Waals surface area contributed by atoms with Crippen molar-refractivity contribution in [3.05, 3.63) is 12.7 Å². The molecule has 0 aromatic heterocycles. The average molecular weight is 224 g/mol. The fourth-order valence-corrected chi connectivity index (χ4v) is 1.93. The van der Waals surface area contributed by atoms with Gasteiger partial charge in [-0.2, -0.15) is 0 Å². The van der Waals surface area contributed by atoms with E-state index in [0.29, 0.717) is 0 Å². The summed E-state index contributed by atoms with van der Waals surface area (Å²) in [5.74, 6) is 0.375. The molecule has 0 aliphatic heterocycles. The minimum atomic E-state index is 0.178. The van der Waals surface area contributed by atoms with Gasteiger partial charge in [-0.05, 0) is 12.5 Å². The standard InChI is InChI=1S/C15H28O/c1-4-6-7-8-9-10-11-12-13-14(3)15(16)5-2/h5,14H,2,4,6-13H2,1,3H3. The number of ketones is 1. The number of carbonyl (C=O) groups excluding carboxylic acids is 1. The van der Waals surface area contributed by atoms with Crippen molar-refractivity contribution in [2.24, 2.45) is 5.92 Å². The summed E-state index contributed by atoms with van der Waals surface area (Å²) in [5, 5.41) is 0. The normalized spacial score (nSPS) is 12.4. The Kier molecular flexibility index (Phi) is 10.5. The Balaban J connectivity index is 3.20. The fourth-order valence-electron chi connectivity index (χ4n) is 1.93. The maximum atomic E-state index is 11.2. The van der Waals surface area contributed by atoms with Gasteiger partial charge in [0.2, 0.25) is 0 Å². The zero-order chi connectivity index (χ0) is 12.2. The maximum Gasteiger partial charge on any atom is 0.157 e. The molecule has 1 unspecified atom stereocenters. The smallest absolute Gasteiger partial charge is 0.157 e. The van der Waals surface area contributed by atoms with Gasteiger partial charge in [-0.3, -0.25) is 4.79 Å². The van der Waals surface area contributed by atoms with Gasteiger partial charge in [-0.1, -0.05) is 71.8 Å². The highest BCUT2D eigenvalue weighted by atomic mass is 16.1. The molecular weight excluding hydrogens is 196 g/mol. The Morgan fingerprint density at radius 1 is 1.06 bits per heavy atom. The molecule has 0 spiro atoms. The first-order valence-electron chi connectivity index (χ1n) is 6.88. The molecule has 1 nitrogen and oxygen atoms in total. The van der Waals surface area contributed by atoms with Crippen molar-refractivity contribution in [1.29, 1.82) is 0 Å². The Hall–Kier alpha value is -0.590. The third-order valence-corrected chi connectivity index (χ3v) is 3.18. The molecular formula is C15H28O. The monoisotopic (exact) mass is 224 g/mol. The van der Waals surface area contributed by atoms with E-state index in [1.807, 2.05) is 6.92 Å². The van der Waals surface area contributed by atoms with Crippen molar-refractivity contribution >= 4 is 5.78 Å². The van der Waals surface area contributed by atoms with Crippen LogP contribution in [0.25, 0.3) is 0 Å². The van der Waals surface area contributed by atoms with Crippen molar-refractivity contribution < 1.29 is 4.79 Å². The highest BCUT2D eigenvalue weighted by molar-refractivity contribution is 5.90. The number of carbonyl (C=O) groups is 1. The summed E-state index contributed by atoms with van der Waals surface area (Å²) in [5.41, 5.74) is 0. The predicted molar refractivity (Wildman–Crippen MR) is 71.6 cm³/mol. The van der Waals surface area contributed by atoms with Crippen LogP contribution in [0.15, 0.2) is 12.7 Å². The third kappa shape index (κ3) is 8.70. The molecule has 0 saturated carbocycles. The van der Waals surface area contributed by atoms with Crippen LogP contribution in [-0.4, -0.2) is 5.78 Å². The zero-order valence-corrected chi connectivity index (χ0v) is 11.1. The molecule has 94 valence electrons. The molecule has 0 radical (unpaired) electrons. The number of hydrogen-bond acceptors (Lipinski definition) is 1. The minimum Gasteiger partial charge on any atom is -0.295 e. The van der Waals surface area contributed by atoms with E-state index in [1.165, 1.54) is 57.4 Å². The molecule has 0 N–H and O–H groups in total. The second kappa shape index (κ2) is 10.9. The highest BCUT2D eigenvalue weighted by Gasteiger charge is 2.07. The highest BCUT2D eigenvalue weighted by Crippen LogP contribution is 2.13. The van der Waals surface area contributed by atoms with Gasteiger partial charge >= 0.3 is 0 Å². The van der Waals surface area contributed by atoms with Crippen LogP contribution in [0.5, 0.6) is 0 Å². The molecule has 0 aromatic carbocycles. The average Bonchev–Trinajstić information content (AvgIpc) is 2.31. The van der Waals surface area contributed by atoms with Gasteiger partial charge in [0.05, 0.1) is 0 Å². The molecule has 0 aromatic rings. The van der Waals surface area contributed by atoms with Crippen LogP contribution in [-0.2, 0) is 4.79 Å². The molecule has 0 fully saturated rings. The third-order valence-electron chi connectivity index (χ3n) is 3.18. The lowest BCUT2D eigenvalue weighted by Gasteiger charge is -2.07. The van der Waals surface area contributed by atoms with Gasteiger partial charge in [-0.15, -0.1) is 0 Å². The van der Waals surface area contributed by atoms with Crippen LogP contribution in [0.3, 0.4) is 0 Å². The van der Waals surface area contributed by atoms with Crippen LogP contribution in [0.2, 0.25) is 0 Å². The molecule has 0 heterocycles. The first-order valence-corrected chi connectivity index (χ1v) is 6.88. The lowest BCUT2D eigenvalue weighted by Crippen LogP contribution is -2.06. The number of unbranched alkanes of at least 4 members (excludes halogenated alkanes) is 7. The second-order valence-electron chi connectivity index (χ2n) is 4.77. The largest absolute Gasteiger partial charge is 0.295 e. The summed E-state index contributed by atoms with van der Waals surface area (Å²) in [6.45, 7) is 7.77. The summed E-state index contributed by atoms with van der Waals surface area (Å²) in [7, 11) is 0. The second-order valence-corrected chi connectivity index (χ2v) is 4.77. The summed E-state index contributed by atoms with van der Waals surface area (Å²) in [6.07, 6.45) is 13.1. The molecule has 1 atom stereocenters. The van der Waals surface area contributed by atoms with Crippen molar-refractivity contribution in [1.82, 2.24) is 0 Å². The Bertz CT molecular complexity index is 184. The summed E-state index contributed by atoms with van der Waals surface area (Å²) in [6, 6.07) is 0. The number of hydrogen-bond donors (Lipinski definition) is 0. The van der Waals surface area contributed by atoms with E-state index in [2.05, 4.69) is 13.5 Å². The fraction of sp³-hybridized carbons (Fsp3) is 0.800. The Morgan fingerprint density at radius 2 is 1.56 bits per heavy atom. The van der Waals surface area contributed by atoms with Gasteiger partial charge in [0, 0.05) is 5.92 Å². The van der Waals surface area contributed by atoms with Gasteiger partial charge in [-0.25, -0.2) is 0 Å². The predicted octanol–water partition coefficient (Wildman–Crippen LogP) is 4.91.